The number of hydrogen-bond acceptors (Lipinski definition) is 4. The molecule has 7 nitrogen and oxygen atoms in total. The van der Waals surface area contributed by atoms with Crippen LogP contribution in [0.4, 0.5) is 5.69 Å². The molecule has 0 radical (unpaired) electrons. The van der Waals surface area contributed by atoms with Gasteiger partial charge in [0.15, 0.2) is 5.76 Å². The Labute approximate surface area is 174 Å². The molecule has 1 aromatic heterocycles. The number of carbonyl (C=O) groups excluding carboxylic acids is 3. The van der Waals surface area contributed by atoms with Crippen LogP contribution in [0.5, 0.6) is 0 Å². The SMILES string of the molecule is Cc1c(Cl)cccc1N1CN(C(=O)CN(CC(C)C)C(=O)c2ccco2)CC1=O. The lowest BCUT2D eigenvalue weighted by Crippen LogP contribution is -2.44. The van der Waals surface area contributed by atoms with E-state index in [0.29, 0.717) is 17.3 Å². The minimum absolute atomic E-state index is 0.0325. The second kappa shape index (κ2) is 8.69. The number of rotatable bonds is 6. The molecular weight excluding hydrogens is 394 g/mol. The van der Waals surface area contributed by atoms with Crippen LogP contribution in [0.25, 0.3) is 0 Å². The Bertz CT molecular complexity index is 911. The summed E-state index contributed by atoms with van der Waals surface area (Å²) in [6, 6.07) is 8.54. The topological polar surface area (TPSA) is 74.1 Å². The molecule has 1 aliphatic rings. The van der Waals surface area contributed by atoms with Crippen LogP contribution in [0.3, 0.4) is 0 Å². The summed E-state index contributed by atoms with van der Waals surface area (Å²) < 4.78 is 5.19. The van der Waals surface area contributed by atoms with Gasteiger partial charge in [-0.05, 0) is 42.7 Å². The number of carbonyl (C=O) groups is 3. The lowest BCUT2D eigenvalue weighted by Gasteiger charge is -2.26. The standard InChI is InChI=1S/C21H24ClN3O4/c1-14(2)10-23(21(28)18-8-5-9-29-18)11-19(26)24-12-20(27)25(13-24)17-7-4-6-16(22)15(17)3/h4-9,14H,10-13H2,1-3H3. The van der Waals surface area contributed by atoms with E-state index < -0.39 is 0 Å². The van der Waals surface area contributed by atoms with Crippen molar-refractivity contribution in [2.75, 3.05) is 31.2 Å². The molecule has 0 bridgehead atoms. The van der Waals surface area contributed by atoms with E-state index in [1.54, 1.807) is 35.2 Å². The van der Waals surface area contributed by atoms with Crippen molar-refractivity contribution in [1.82, 2.24) is 9.80 Å². The predicted octanol–water partition coefficient (Wildman–Crippen LogP) is 3.17. The van der Waals surface area contributed by atoms with Crippen molar-refractivity contribution in [1.29, 1.82) is 0 Å². The molecule has 2 heterocycles. The van der Waals surface area contributed by atoms with Crippen molar-refractivity contribution >= 4 is 35.0 Å². The molecule has 0 atom stereocenters. The van der Waals surface area contributed by atoms with Crippen molar-refractivity contribution < 1.29 is 18.8 Å². The fourth-order valence-corrected chi connectivity index (χ4v) is 3.46. The van der Waals surface area contributed by atoms with E-state index >= 15 is 0 Å². The fraction of sp³-hybridized carbons (Fsp3) is 0.381. The number of benzene rings is 1. The van der Waals surface area contributed by atoms with E-state index in [2.05, 4.69) is 0 Å². The van der Waals surface area contributed by atoms with Gasteiger partial charge in [0.25, 0.3) is 5.91 Å². The summed E-state index contributed by atoms with van der Waals surface area (Å²) in [5.41, 5.74) is 1.47. The zero-order valence-electron chi connectivity index (χ0n) is 16.7. The fourth-order valence-electron chi connectivity index (χ4n) is 3.29. The first-order valence-corrected chi connectivity index (χ1v) is 9.81. The maximum atomic E-state index is 12.9. The van der Waals surface area contributed by atoms with E-state index in [1.807, 2.05) is 20.8 Å². The Balaban J connectivity index is 1.73. The molecule has 154 valence electrons. The molecule has 0 saturated carbocycles. The summed E-state index contributed by atoms with van der Waals surface area (Å²) in [6.45, 7) is 6.16. The molecule has 3 rings (SSSR count). The highest BCUT2D eigenvalue weighted by Gasteiger charge is 2.34. The molecule has 0 unspecified atom stereocenters. The highest BCUT2D eigenvalue weighted by Crippen LogP contribution is 2.28. The minimum atomic E-state index is -0.342. The normalized spacial score (nSPS) is 14.0. The molecular formula is C21H24ClN3O4. The predicted molar refractivity (Wildman–Crippen MR) is 110 cm³/mol. The van der Waals surface area contributed by atoms with Gasteiger partial charge in [-0.3, -0.25) is 19.3 Å². The van der Waals surface area contributed by atoms with Crippen LogP contribution in [0.15, 0.2) is 41.0 Å². The van der Waals surface area contributed by atoms with Crippen molar-refractivity contribution in [3.8, 4) is 0 Å². The average molecular weight is 418 g/mol. The van der Waals surface area contributed by atoms with Gasteiger partial charge in [-0.15, -0.1) is 0 Å². The Kier molecular flexibility index (Phi) is 6.27. The second-order valence-electron chi connectivity index (χ2n) is 7.50. The smallest absolute Gasteiger partial charge is 0.290 e. The number of halogens is 1. The minimum Gasteiger partial charge on any atom is -0.459 e. The van der Waals surface area contributed by atoms with Crippen molar-refractivity contribution in [3.05, 3.63) is 52.9 Å². The highest BCUT2D eigenvalue weighted by molar-refractivity contribution is 6.31. The molecule has 3 amide bonds. The van der Waals surface area contributed by atoms with Crippen LogP contribution in [-0.2, 0) is 9.59 Å². The van der Waals surface area contributed by atoms with Gasteiger partial charge in [-0.25, -0.2) is 0 Å². The molecule has 29 heavy (non-hydrogen) atoms. The van der Waals surface area contributed by atoms with E-state index in [0.717, 1.165) is 5.56 Å². The van der Waals surface area contributed by atoms with Crippen molar-refractivity contribution in [2.24, 2.45) is 5.92 Å². The Morgan fingerprint density at radius 1 is 1.24 bits per heavy atom. The van der Waals surface area contributed by atoms with E-state index in [-0.39, 0.29) is 49.2 Å². The highest BCUT2D eigenvalue weighted by atomic mass is 35.5. The lowest BCUT2D eigenvalue weighted by molar-refractivity contribution is -0.132. The number of amides is 3. The number of hydrogen-bond donors (Lipinski definition) is 0. The van der Waals surface area contributed by atoms with Gasteiger partial charge in [-0.1, -0.05) is 31.5 Å². The summed E-state index contributed by atoms with van der Waals surface area (Å²) >= 11 is 6.17. The molecule has 0 N–H and O–H groups in total. The van der Waals surface area contributed by atoms with Gasteiger partial charge in [0.05, 0.1) is 6.26 Å². The largest absolute Gasteiger partial charge is 0.459 e. The number of anilines is 1. The zero-order valence-corrected chi connectivity index (χ0v) is 17.5. The molecule has 1 aromatic carbocycles. The third-order valence-electron chi connectivity index (χ3n) is 4.75. The van der Waals surface area contributed by atoms with Crippen LogP contribution in [0, 0.1) is 12.8 Å². The Morgan fingerprint density at radius 2 is 2.00 bits per heavy atom. The van der Waals surface area contributed by atoms with Crippen LogP contribution in [-0.4, -0.2) is 53.8 Å². The van der Waals surface area contributed by atoms with Crippen LogP contribution in [0.1, 0.15) is 30.0 Å². The number of nitrogens with zero attached hydrogens (tertiary/aromatic N) is 3. The molecule has 0 aliphatic carbocycles. The molecule has 0 spiro atoms. The van der Waals surface area contributed by atoms with Crippen LogP contribution < -0.4 is 4.90 Å². The third kappa shape index (κ3) is 4.62. The van der Waals surface area contributed by atoms with Gasteiger partial charge in [0.1, 0.15) is 19.8 Å². The molecule has 1 saturated heterocycles. The summed E-state index contributed by atoms with van der Waals surface area (Å²) in [5, 5.41) is 0.562. The Hall–Kier alpha value is -2.80. The van der Waals surface area contributed by atoms with Gasteiger partial charge in [-0.2, -0.15) is 0 Å². The maximum absolute atomic E-state index is 12.9. The summed E-state index contributed by atoms with van der Waals surface area (Å²) in [7, 11) is 0. The van der Waals surface area contributed by atoms with E-state index in [1.165, 1.54) is 16.1 Å². The summed E-state index contributed by atoms with van der Waals surface area (Å²) in [6.07, 6.45) is 1.42. The Morgan fingerprint density at radius 3 is 2.66 bits per heavy atom. The molecule has 1 fully saturated rings. The first kappa shape index (κ1) is 20.9. The van der Waals surface area contributed by atoms with Gasteiger partial charge in [0, 0.05) is 17.3 Å². The first-order valence-electron chi connectivity index (χ1n) is 9.44. The van der Waals surface area contributed by atoms with Crippen molar-refractivity contribution in [2.45, 2.75) is 20.8 Å². The average Bonchev–Trinajstić information content (AvgIpc) is 3.32. The summed E-state index contributed by atoms with van der Waals surface area (Å²) in [5.74, 6) is -0.456. The molecule has 1 aliphatic heterocycles. The van der Waals surface area contributed by atoms with E-state index in [9.17, 15) is 14.4 Å². The quantitative estimate of drug-likeness (QED) is 0.723. The summed E-state index contributed by atoms with van der Waals surface area (Å²) in [4.78, 5) is 42.6. The van der Waals surface area contributed by atoms with Gasteiger partial charge < -0.3 is 14.2 Å². The maximum Gasteiger partial charge on any atom is 0.290 e. The third-order valence-corrected chi connectivity index (χ3v) is 5.16. The van der Waals surface area contributed by atoms with Gasteiger partial charge in [0.2, 0.25) is 11.8 Å². The van der Waals surface area contributed by atoms with Gasteiger partial charge >= 0.3 is 0 Å². The molecule has 8 heteroatoms. The lowest BCUT2D eigenvalue weighted by atomic mass is 10.2. The van der Waals surface area contributed by atoms with Crippen LogP contribution in [0.2, 0.25) is 5.02 Å². The second-order valence-corrected chi connectivity index (χ2v) is 7.90. The monoisotopic (exact) mass is 417 g/mol. The van der Waals surface area contributed by atoms with Crippen molar-refractivity contribution in [3.63, 3.8) is 0 Å². The van der Waals surface area contributed by atoms with E-state index in [4.69, 9.17) is 16.0 Å². The first-order chi connectivity index (χ1) is 13.8. The molecule has 2 aromatic rings. The number of furan rings is 1. The zero-order chi connectivity index (χ0) is 21.1. The van der Waals surface area contributed by atoms with Crippen LogP contribution >= 0.6 is 11.6 Å².